The van der Waals surface area contributed by atoms with Crippen LogP contribution in [0.4, 0.5) is 0 Å². The summed E-state index contributed by atoms with van der Waals surface area (Å²) in [6.45, 7) is 16.1. The van der Waals surface area contributed by atoms with Crippen LogP contribution in [-0.2, 0) is 18.7 Å². The number of ether oxygens (including phenoxy) is 3. The zero-order chi connectivity index (χ0) is 36.4. The van der Waals surface area contributed by atoms with E-state index >= 15 is 0 Å². The van der Waals surface area contributed by atoms with Crippen LogP contribution in [0.3, 0.4) is 0 Å². The first-order chi connectivity index (χ1) is 24.5. The Hall–Kier alpha value is -1.63. The second-order valence-corrected chi connectivity index (χ2v) is 20.2. The number of benzene rings is 1. The number of rotatable bonds is 19. The van der Waals surface area contributed by atoms with Gasteiger partial charge in [0.25, 0.3) is 0 Å². The van der Waals surface area contributed by atoms with Crippen LogP contribution in [0.5, 0.6) is 5.75 Å². The molecule has 0 aliphatic heterocycles. The topological polar surface area (TPSA) is 54.0 Å². The Morgan fingerprint density at radius 1 is 0.863 bits per heavy atom. The molecule has 0 aromatic heterocycles. The summed E-state index contributed by atoms with van der Waals surface area (Å²) in [5, 5.41) is 0. The Labute approximate surface area is 314 Å². The van der Waals surface area contributed by atoms with Crippen molar-refractivity contribution in [3.63, 3.8) is 0 Å². The Bertz CT molecular complexity index is 1230. The highest BCUT2D eigenvalue weighted by Crippen LogP contribution is 2.68. The van der Waals surface area contributed by atoms with Crippen LogP contribution in [0, 0.1) is 52.3 Å². The average molecular weight is 722 g/mol. The van der Waals surface area contributed by atoms with Crippen molar-refractivity contribution in [2.24, 2.45) is 52.3 Å². The highest BCUT2D eigenvalue weighted by Gasteiger charge is 2.60. The first-order valence-electron chi connectivity index (χ1n) is 21.1. The summed E-state index contributed by atoms with van der Waals surface area (Å²) in [5.41, 5.74) is 2.04. The van der Waals surface area contributed by atoms with Crippen LogP contribution in [0.2, 0.25) is 6.55 Å². The van der Waals surface area contributed by atoms with Gasteiger partial charge in [0.15, 0.2) is 0 Å². The van der Waals surface area contributed by atoms with E-state index in [1.807, 2.05) is 18.2 Å². The van der Waals surface area contributed by atoms with Gasteiger partial charge in [0, 0.05) is 19.8 Å². The molecular formula is C45H73O5Si. The Morgan fingerprint density at radius 3 is 2.33 bits per heavy atom. The number of fused-ring (bicyclic) bond motifs is 5. The molecule has 0 spiro atoms. The number of hydrogen-bond acceptors (Lipinski definition) is 5. The van der Waals surface area contributed by atoms with Gasteiger partial charge in [0.05, 0.1) is 18.9 Å². The molecule has 9 unspecified atom stereocenters. The molecule has 0 saturated heterocycles. The molecule has 0 heterocycles. The molecule has 4 aliphatic rings. The first kappa shape index (κ1) is 40.5. The van der Waals surface area contributed by atoms with E-state index in [-0.39, 0.29) is 5.97 Å². The maximum atomic E-state index is 12.2. The van der Waals surface area contributed by atoms with E-state index in [9.17, 15) is 4.79 Å². The fourth-order valence-corrected chi connectivity index (χ4v) is 12.1. The quantitative estimate of drug-likeness (QED) is 0.0616. The summed E-state index contributed by atoms with van der Waals surface area (Å²) in [5.74, 6) is 6.91. The van der Waals surface area contributed by atoms with E-state index < -0.39 is 9.04 Å². The van der Waals surface area contributed by atoms with E-state index in [4.69, 9.17) is 18.6 Å². The minimum atomic E-state index is -0.783. The van der Waals surface area contributed by atoms with Crippen molar-refractivity contribution >= 4 is 21.1 Å². The van der Waals surface area contributed by atoms with Crippen LogP contribution in [0.25, 0.3) is 6.08 Å². The van der Waals surface area contributed by atoms with Crippen LogP contribution < -0.4 is 4.74 Å². The smallest absolute Gasteiger partial charge is 0.330 e. The van der Waals surface area contributed by atoms with Gasteiger partial charge in [0.1, 0.15) is 5.75 Å². The molecule has 6 heteroatoms. The van der Waals surface area contributed by atoms with Crippen molar-refractivity contribution < 1.29 is 23.4 Å². The minimum Gasteiger partial charge on any atom is -0.490 e. The average Bonchev–Trinajstić information content (AvgIpc) is 3.47. The fourth-order valence-electron chi connectivity index (χ4n) is 11.5. The van der Waals surface area contributed by atoms with E-state index in [0.717, 1.165) is 91.3 Å². The van der Waals surface area contributed by atoms with Crippen molar-refractivity contribution in [1.82, 2.24) is 0 Å². The largest absolute Gasteiger partial charge is 0.490 e. The summed E-state index contributed by atoms with van der Waals surface area (Å²) in [6.07, 6.45) is 25.1. The summed E-state index contributed by atoms with van der Waals surface area (Å²) >= 11 is 0. The summed E-state index contributed by atoms with van der Waals surface area (Å²) in [4.78, 5) is 12.2. The summed E-state index contributed by atoms with van der Waals surface area (Å²) in [6, 6.07) is 8.24. The zero-order valence-corrected chi connectivity index (χ0v) is 34.6. The molecule has 5 rings (SSSR count). The van der Waals surface area contributed by atoms with Gasteiger partial charge >= 0.3 is 5.97 Å². The van der Waals surface area contributed by atoms with Gasteiger partial charge in [-0.05, 0) is 160 Å². The maximum absolute atomic E-state index is 12.2. The molecule has 0 N–H and O–H groups in total. The number of carbonyl (C=O) groups is 1. The third-order valence-electron chi connectivity index (χ3n) is 14.5. The van der Waals surface area contributed by atoms with Gasteiger partial charge in [0.2, 0.25) is 9.04 Å². The van der Waals surface area contributed by atoms with Crippen molar-refractivity contribution in [2.75, 3.05) is 26.6 Å². The van der Waals surface area contributed by atoms with Crippen LogP contribution >= 0.6 is 0 Å². The van der Waals surface area contributed by atoms with E-state index in [1.54, 1.807) is 7.11 Å². The SMILES string of the molecule is CO[Si](C)COCCCCCCOC(=O)/C=C/c1ccc(OC2CCC3(C)C(CCC4C3CCC3(C)C(C(C)CCCC(C)C)CCC43)C2)cc1. The zero-order valence-electron chi connectivity index (χ0n) is 33.6. The number of esters is 1. The molecule has 1 aromatic rings. The first-order valence-corrected chi connectivity index (χ1v) is 23.2. The number of hydrogen-bond donors (Lipinski definition) is 0. The van der Waals surface area contributed by atoms with Crippen molar-refractivity contribution in [3.8, 4) is 5.75 Å². The van der Waals surface area contributed by atoms with Gasteiger partial charge in [-0.15, -0.1) is 0 Å². The molecule has 4 aliphatic carbocycles. The second kappa shape index (κ2) is 19.1. The molecule has 4 saturated carbocycles. The number of carbonyl (C=O) groups excluding carboxylic acids is 1. The van der Waals surface area contributed by atoms with Gasteiger partial charge in [-0.1, -0.05) is 72.4 Å². The van der Waals surface area contributed by atoms with E-state index in [1.165, 1.54) is 83.1 Å². The van der Waals surface area contributed by atoms with Crippen LogP contribution in [-0.4, -0.2) is 47.7 Å². The molecular weight excluding hydrogens is 649 g/mol. The van der Waals surface area contributed by atoms with Crippen molar-refractivity contribution in [3.05, 3.63) is 35.9 Å². The summed E-state index contributed by atoms with van der Waals surface area (Å²) in [7, 11) is 0.963. The van der Waals surface area contributed by atoms with Crippen LogP contribution in [0.15, 0.2) is 30.3 Å². The highest BCUT2D eigenvalue weighted by atomic mass is 28.3. The lowest BCUT2D eigenvalue weighted by Gasteiger charge is -2.61. The molecule has 0 amide bonds. The second-order valence-electron chi connectivity index (χ2n) is 18.1. The molecule has 4 fully saturated rings. The predicted molar refractivity (Wildman–Crippen MR) is 212 cm³/mol. The lowest BCUT2D eigenvalue weighted by molar-refractivity contribution is -0.137. The fraction of sp³-hybridized carbons (Fsp3) is 0.800. The predicted octanol–water partition coefficient (Wildman–Crippen LogP) is 11.5. The highest BCUT2D eigenvalue weighted by molar-refractivity contribution is 6.49. The Balaban J connectivity index is 1.02. The lowest BCUT2D eigenvalue weighted by Crippen LogP contribution is -2.54. The van der Waals surface area contributed by atoms with Gasteiger partial charge < -0.3 is 18.6 Å². The monoisotopic (exact) mass is 722 g/mol. The Morgan fingerprint density at radius 2 is 1.59 bits per heavy atom. The van der Waals surface area contributed by atoms with Crippen LogP contribution in [0.1, 0.15) is 143 Å². The standard InChI is InChI=1S/C45H73O5Si/c1-33(2)13-12-14-34(3)40-22-23-41-39-21-18-36-31-38(25-27-44(36,4)42(39)26-28-45(40,41)5)50-37-19-15-35(16-20-37)17-24-43(46)49-30-11-9-8-10-29-48-32-51(7)47-6/h15-17,19-20,24,33-34,36,38-42H,8-14,18,21-23,25-32H2,1-7H3/b24-17+. The Kier molecular flexibility index (Phi) is 15.2. The van der Waals surface area contributed by atoms with E-state index in [0.29, 0.717) is 23.5 Å². The van der Waals surface area contributed by atoms with E-state index in [2.05, 4.69) is 53.3 Å². The molecule has 9 atom stereocenters. The van der Waals surface area contributed by atoms with Gasteiger partial charge in [-0.3, -0.25) is 0 Å². The normalized spacial score (nSPS) is 32.5. The minimum absolute atomic E-state index is 0.280. The van der Waals surface area contributed by atoms with Crippen molar-refractivity contribution in [1.29, 1.82) is 0 Å². The van der Waals surface area contributed by atoms with Gasteiger partial charge in [-0.2, -0.15) is 0 Å². The molecule has 0 bridgehead atoms. The third-order valence-corrected chi connectivity index (χ3v) is 15.8. The van der Waals surface area contributed by atoms with Crippen molar-refractivity contribution in [2.45, 2.75) is 150 Å². The molecule has 1 aromatic carbocycles. The third kappa shape index (κ3) is 10.5. The lowest BCUT2D eigenvalue weighted by atomic mass is 9.44. The molecule has 287 valence electrons. The summed E-state index contributed by atoms with van der Waals surface area (Å²) < 4.78 is 23.0. The molecule has 1 radical (unpaired) electrons. The molecule has 51 heavy (non-hydrogen) atoms. The van der Waals surface area contributed by atoms with Gasteiger partial charge in [-0.25, -0.2) is 4.79 Å². The number of unbranched alkanes of at least 4 members (excludes halogenated alkanes) is 3. The maximum Gasteiger partial charge on any atom is 0.330 e. The molecule has 5 nitrogen and oxygen atoms in total.